The van der Waals surface area contributed by atoms with E-state index < -0.39 is 0 Å². The summed E-state index contributed by atoms with van der Waals surface area (Å²) in [7, 11) is 0. The first-order valence-electron chi connectivity index (χ1n) is 15.3. The van der Waals surface area contributed by atoms with Crippen LogP contribution in [0.2, 0.25) is 10.0 Å². The van der Waals surface area contributed by atoms with E-state index in [4.69, 9.17) is 23.2 Å². The molecular formula is C37H38Cl2N2O2. The van der Waals surface area contributed by atoms with E-state index in [0.717, 1.165) is 72.5 Å². The van der Waals surface area contributed by atoms with Gasteiger partial charge in [-0.15, -0.1) is 0 Å². The fourth-order valence-corrected chi connectivity index (χ4v) is 7.27. The molecule has 0 amide bonds. The molecule has 1 saturated heterocycles. The van der Waals surface area contributed by atoms with Gasteiger partial charge in [-0.05, 0) is 65.4 Å². The van der Waals surface area contributed by atoms with E-state index in [1.165, 1.54) is 18.4 Å². The van der Waals surface area contributed by atoms with Gasteiger partial charge in [0, 0.05) is 43.7 Å². The fraction of sp³-hybridized carbons (Fsp3) is 0.324. The number of hydrogen-bond donors (Lipinski definition) is 1. The topological polar surface area (TPSA) is 43.8 Å². The summed E-state index contributed by atoms with van der Waals surface area (Å²) in [5, 5.41) is 12.5. The van der Waals surface area contributed by atoms with Gasteiger partial charge in [0.05, 0.1) is 21.8 Å². The standard InChI is InChI=1S/C37H38Cl2N2O2/c1-25-8-2-5-13-30(25)27-16-17-34(42)31(24-27)37(29-12-6-11-28(23-29)35(43)22-26-9-3-4-10-26)41-20-18-40(19-21-41)33-15-7-14-32(38)36(33)39/h2,5-8,11-17,23-24,26,37,42H,3-4,9-10,18-22H2,1H3. The minimum Gasteiger partial charge on any atom is -0.508 e. The van der Waals surface area contributed by atoms with Gasteiger partial charge in [-0.1, -0.05) is 103 Å². The van der Waals surface area contributed by atoms with E-state index in [-0.39, 0.29) is 17.6 Å². The molecule has 0 aromatic heterocycles. The van der Waals surface area contributed by atoms with Crippen LogP contribution in [-0.4, -0.2) is 42.0 Å². The van der Waals surface area contributed by atoms with Crippen molar-refractivity contribution in [3.63, 3.8) is 0 Å². The van der Waals surface area contributed by atoms with Gasteiger partial charge in [-0.25, -0.2) is 0 Å². The van der Waals surface area contributed by atoms with Crippen molar-refractivity contribution in [2.24, 2.45) is 5.92 Å². The van der Waals surface area contributed by atoms with Gasteiger partial charge < -0.3 is 10.0 Å². The zero-order valence-electron chi connectivity index (χ0n) is 24.6. The van der Waals surface area contributed by atoms with Gasteiger partial charge in [-0.2, -0.15) is 0 Å². The third-order valence-electron chi connectivity index (χ3n) is 9.20. The first-order valence-corrected chi connectivity index (χ1v) is 16.1. The first-order chi connectivity index (χ1) is 20.9. The van der Waals surface area contributed by atoms with Crippen LogP contribution >= 0.6 is 23.2 Å². The molecule has 1 aliphatic heterocycles. The third-order valence-corrected chi connectivity index (χ3v) is 10.0. The van der Waals surface area contributed by atoms with Crippen molar-refractivity contribution in [2.45, 2.75) is 45.1 Å². The zero-order valence-corrected chi connectivity index (χ0v) is 26.1. The lowest BCUT2D eigenvalue weighted by molar-refractivity contribution is 0.0962. The summed E-state index contributed by atoms with van der Waals surface area (Å²) < 4.78 is 0. The number of benzene rings is 4. The highest BCUT2D eigenvalue weighted by molar-refractivity contribution is 6.43. The van der Waals surface area contributed by atoms with Crippen molar-refractivity contribution in [2.75, 3.05) is 31.1 Å². The van der Waals surface area contributed by atoms with Crippen LogP contribution in [-0.2, 0) is 0 Å². The predicted octanol–water partition coefficient (Wildman–Crippen LogP) is 9.35. The molecule has 4 aromatic carbocycles. The average Bonchev–Trinajstić information content (AvgIpc) is 3.54. The van der Waals surface area contributed by atoms with Crippen molar-refractivity contribution in [3.8, 4) is 16.9 Å². The molecular weight excluding hydrogens is 575 g/mol. The number of halogens is 2. The number of carbonyl (C=O) groups is 1. The zero-order chi connectivity index (χ0) is 29.9. The third kappa shape index (κ3) is 6.47. The molecule has 43 heavy (non-hydrogen) atoms. The summed E-state index contributed by atoms with van der Waals surface area (Å²) in [6.07, 6.45) is 5.36. The molecule has 0 spiro atoms. The molecule has 6 rings (SSSR count). The molecule has 0 radical (unpaired) electrons. The monoisotopic (exact) mass is 612 g/mol. The Morgan fingerprint density at radius 3 is 2.40 bits per heavy atom. The van der Waals surface area contributed by atoms with Crippen LogP contribution in [0.15, 0.2) is 84.9 Å². The molecule has 2 aliphatic rings. The molecule has 1 N–H and O–H groups in total. The summed E-state index contributed by atoms with van der Waals surface area (Å²) in [5.74, 6) is 0.962. The Morgan fingerprint density at radius 2 is 1.63 bits per heavy atom. The largest absolute Gasteiger partial charge is 0.508 e. The average molecular weight is 614 g/mol. The van der Waals surface area contributed by atoms with Gasteiger partial charge >= 0.3 is 0 Å². The van der Waals surface area contributed by atoms with Crippen molar-refractivity contribution >= 4 is 34.7 Å². The summed E-state index contributed by atoms with van der Waals surface area (Å²) >= 11 is 12.9. The van der Waals surface area contributed by atoms with Gasteiger partial charge in [0.25, 0.3) is 0 Å². The fourth-order valence-electron chi connectivity index (χ4n) is 6.86. The van der Waals surface area contributed by atoms with E-state index in [0.29, 0.717) is 22.4 Å². The number of phenols is 1. The van der Waals surface area contributed by atoms with Crippen LogP contribution in [0.5, 0.6) is 5.75 Å². The highest BCUT2D eigenvalue weighted by Gasteiger charge is 2.30. The van der Waals surface area contributed by atoms with Crippen molar-refractivity contribution in [1.29, 1.82) is 0 Å². The van der Waals surface area contributed by atoms with E-state index in [9.17, 15) is 9.90 Å². The molecule has 2 fully saturated rings. The van der Waals surface area contributed by atoms with E-state index in [1.54, 1.807) is 6.07 Å². The first kappa shape index (κ1) is 29.7. The number of Topliss-reactive ketones (excluding diaryl/α,β-unsaturated/α-hetero) is 1. The number of aryl methyl sites for hydroxylation is 1. The Morgan fingerprint density at radius 1 is 0.884 bits per heavy atom. The number of anilines is 1. The number of aromatic hydroxyl groups is 1. The smallest absolute Gasteiger partial charge is 0.163 e. The van der Waals surface area contributed by atoms with E-state index >= 15 is 0 Å². The maximum atomic E-state index is 13.4. The number of ketones is 1. The van der Waals surface area contributed by atoms with E-state index in [2.05, 4.69) is 47.1 Å². The second-order valence-corrected chi connectivity index (χ2v) is 12.8. The number of piperazine rings is 1. The molecule has 6 heteroatoms. The van der Waals surface area contributed by atoms with Gasteiger partial charge in [-0.3, -0.25) is 9.69 Å². The Hall–Kier alpha value is -3.31. The molecule has 1 heterocycles. The second-order valence-electron chi connectivity index (χ2n) is 12.0. The summed E-state index contributed by atoms with van der Waals surface area (Å²) in [4.78, 5) is 18.1. The molecule has 1 unspecified atom stereocenters. The predicted molar refractivity (Wildman–Crippen MR) is 178 cm³/mol. The highest BCUT2D eigenvalue weighted by atomic mass is 35.5. The Balaban J connectivity index is 1.36. The van der Waals surface area contributed by atoms with Crippen LogP contribution in [0.1, 0.15) is 65.2 Å². The second kappa shape index (κ2) is 13.1. The maximum Gasteiger partial charge on any atom is 0.163 e. The minimum absolute atomic E-state index is 0.214. The summed E-state index contributed by atoms with van der Waals surface area (Å²) in [6.45, 7) is 5.13. The molecule has 0 bridgehead atoms. The summed E-state index contributed by atoms with van der Waals surface area (Å²) in [6, 6.07) is 27.9. The highest BCUT2D eigenvalue weighted by Crippen LogP contribution is 2.40. The van der Waals surface area contributed by atoms with Gasteiger partial charge in [0.15, 0.2) is 5.78 Å². The normalized spacial score (nSPS) is 16.9. The number of phenolic OH excluding ortho intramolecular Hbond substituents is 1. The van der Waals surface area contributed by atoms with Crippen molar-refractivity contribution < 1.29 is 9.90 Å². The van der Waals surface area contributed by atoms with Crippen molar-refractivity contribution in [3.05, 3.63) is 117 Å². The van der Waals surface area contributed by atoms with Crippen LogP contribution in [0.25, 0.3) is 11.1 Å². The lowest BCUT2D eigenvalue weighted by Crippen LogP contribution is -2.48. The Labute approximate surface area is 264 Å². The van der Waals surface area contributed by atoms with Crippen LogP contribution in [0.3, 0.4) is 0 Å². The van der Waals surface area contributed by atoms with Crippen LogP contribution in [0, 0.1) is 12.8 Å². The number of nitrogens with zero attached hydrogens (tertiary/aromatic N) is 2. The number of hydrogen-bond acceptors (Lipinski definition) is 4. The Bertz CT molecular complexity index is 1610. The molecule has 1 atom stereocenters. The lowest BCUT2D eigenvalue weighted by Gasteiger charge is -2.41. The van der Waals surface area contributed by atoms with Crippen LogP contribution in [0.4, 0.5) is 5.69 Å². The molecule has 4 aromatic rings. The SMILES string of the molecule is Cc1ccccc1-c1ccc(O)c(C(c2cccc(C(=O)CC3CCCC3)c2)N2CCN(c3cccc(Cl)c3Cl)CC2)c1. The quantitative estimate of drug-likeness (QED) is 0.201. The maximum absolute atomic E-state index is 13.4. The van der Waals surface area contributed by atoms with Crippen LogP contribution < -0.4 is 4.90 Å². The number of carbonyl (C=O) groups excluding carboxylic acids is 1. The summed E-state index contributed by atoms with van der Waals surface area (Å²) in [5.41, 5.74) is 6.95. The lowest BCUT2D eigenvalue weighted by atomic mass is 9.89. The van der Waals surface area contributed by atoms with Gasteiger partial charge in [0.2, 0.25) is 0 Å². The molecule has 1 saturated carbocycles. The van der Waals surface area contributed by atoms with E-state index in [1.807, 2.05) is 48.5 Å². The molecule has 222 valence electrons. The Kier molecular flexibility index (Phi) is 9.09. The minimum atomic E-state index is -0.222. The molecule has 4 nitrogen and oxygen atoms in total. The van der Waals surface area contributed by atoms with Crippen molar-refractivity contribution in [1.82, 2.24) is 4.90 Å². The number of rotatable bonds is 8. The molecule has 1 aliphatic carbocycles. The van der Waals surface area contributed by atoms with Gasteiger partial charge in [0.1, 0.15) is 5.75 Å².